The number of hydrogen-bond acceptors (Lipinski definition) is 6. The lowest BCUT2D eigenvalue weighted by Crippen LogP contribution is -2.45. The van der Waals surface area contributed by atoms with Crippen LogP contribution in [0.25, 0.3) is 0 Å². The summed E-state index contributed by atoms with van der Waals surface area (Å²) in [6.45, 7) is 3.09. The van der Waals surface area contributed by atoms with E-state index >= 15 is 0 Å². The molecule has 0 saturated carbocycles. The fourth-order valence-corrected chi connectivity index (χ4v) is 2.84. The quantitative estimate of drug-likeness (QED) is 0.360. The SMILES string of the molecule is CCOC(=O)[C@H](CCSC)NCCN[C@@H](Cc1ccccc1)C(=O)O. The van der Waals surface area contributed by atoms with Gasteiger partial charge in [0.05, 0.1) is 6.61 Å². The number of ether oxygens (including phenoxy) is 1. The van der Waals surface area contributed by atoms with Gasteiger partial charge in [0, 0.05) is 13.1 Å². The van der Waals surface area contributed by atoms with Crippen molar-refractivity contribution < 1.29 is 19.4 Å². The third kappa shape index (κ3) is 8.90. The lowest BCUT2D eigenvalue weighted by molar-refractivity contribution is -0.145. The van der Waals surface area contributed by atoms with Crippen molar-refractivity contribution in [2.24, 2.45) is 0 Å². The Kier molecular flexibility index (Phi) is 10.9. The molecule has 0 saturated heterocycles. The summed E-state index contributed by atoms with van der Waals surface area (Å²) in [7, 11) is 0. The molecular weight excluding hydrogens is 340 g/mol. The smallest absolute Gasteiger partial charge is 0.323 e. The van der Waals surface area contributed by atoms with Crippen molar-refractivity contribution in [3.8, 4) is 0 Å². The van der Waals surface area contributed by atoms with E-state index in [2.05, 4.69) is 10.6 Å². The predicted molar refractivity (Wildman–Crippen MR) is 101 cm³/mol. The van der Waals surface area contributed by atoms with Crippen molar-refractivity contribution in [1.82, 2.24) is 10.6 Å². The molecule has 1 aromatic carbocycles. The van der Waals surface area contributed by atoms with Crippen LogP contribution in [0, 0.1) is 0 Å². The van der Waals surface area contributed by atoms with Gasteiger partial charge in [0.15, 0.2) is 0 Å². The van der Waals surface area contributed by atoms with E-state index in [0.717, 1.165) is 11.3 Å². The number of carboxylic acid groups (broad SMARTS) is 1. The molecule has 0 aliphatic carbocycles. The van der Waals surface area contributed by atoms with Gasteiger partial charge in [-0.3, -0.25) is 9.59 Å². The first-order chi connectivity index (χ1) is 12.1. The largest absolute Gasteiger partial charge is 0.480 e. The van der Waals surface area contributed by atoms with Crippen LogP contribution in [0.5, 0.6) is 0 Å². The van der Waals surface area contributed by atoms with Gasteiger partial charge in [0.25, 0.3) is 0 Å². The minimum Gasteiger partial charge on any atom is -0.480 e. The molecular formula is C18H28N2O4S. The highest BCUT2D eigenvalue weighted by Gasteiger charge is 2.20. The zero-order chi connectivity index (χ0) is 18.5. The number of carboxylic acids is 1. The topological polar surface area (TPSA) is 87.7 Å². The maximum absolute atomic E-state index is 11.9. The van der Waals surface area contributed by atoms with Gasteiger partial charge < -0.3 is 20.5 Å². The number of nitrogens with one attached hydrogen (secondary N) is 2. The summed E-state index contributed by atoms with van der Waals surface area (Å²) in [5.41, 5.74) is 0.972. The summed E-state index contributed by atoms with van der Waals surface area (Å²) < 4.78 is 5.07. The zero-order valence-corrected chi connectivity index (χ0v) is 15.7. The number of thioether (sulfide) groups is 1. The Labute approximate surface area is 153 Å². The van der Waals surface area contributed by atoms with Crippen molar-refractivity contribution in [3.63, 3.8) is 0 Å². The van der Waals surface area contributed by atoms with Crippen molar-refractivity contribution in [2.45, 2.75) is 31.8 Å². The second-order valence-corrected chi connectivity index (χ2v) is 6.56. The van der Waals surface area contributed by atoms with Crippen LogP contribution in [-0.4, -0.2) is 60.8 Å². The molecule has 7 heteroatoms. The molecule has 0 bridgehead atoms. The fraction of sp³-hybridized carbons (Fsp3) is 0.556. The Hall–Kier alpha value is -1.57. The van der Waals surface area contributed by atoms with E-state index in [-0.39, 0.29) is 12.0 Å². The monoisotopic (exact) mass is 368 g/mol. The molecule has 0 amide bonds. The third-order valence-electron chi connectivity index (χ3n) is 3.67. The summed E-state index contributed by atoms with van der Waals surface area (Å²) in [4.78, 5) is 23.3. The zero-order valence-electron chi connectivity index (χ0n) is 14.9. The van der Waals surface area contributed by atoms with Crippen LogP contribution in [0.1, 0.15) is 18.9 Å². The van der Waals surface area contributed by atoms with E-state index in [1.807, 2.05) is 36.6 Å². The Morgan fingerprint density at radius 1 is 1.16 bits per heavy atom. The van der Waals surface area contributed by atoms with Crippen molar-refractivity contribution in [2.75, 3.05) is 31.7 Å². The maximum atomic E-state index is 11.9. The van der Waals surface area contributed by atoms with Gasteiger partial charge in [0.1, 0.15) is 12.1 Å². The highest BCUT2D eigenvalue weighted by molar-refractivity contribution is 7.98. The minimum atomic E-state index is -0.881. The Balaban J connectivity index is 2.42. The van der Waals surface area contributed by atoms with Gasteiger partial charge >= 0.3 is 11.9 Å². The van der Waals surface area contributed by atoms with E-state index in [9.17, 15) is 14.7 Å². The third-order valence-corrected chi connectivity index (χ3v) is 4.31. The minimum absolute atomic E-state index is 0.254. The van der Waals surface area contributed by atoms with E-state index in [1.165, 1.54) is 0 Å². The van der Waals surface area contributed by atoms with E-state index in [0.29, 0.717) is 32.5 Å². The normalized spacial score (nSPS) is 13.2. The summed E-state index contributed by atoms with van der Waals surface area (Å²) in [5, 5.41) is 15.5. The molecule has 2 atom stereocenters. The predicted octanol–water partition coefficient (Wildman–Crippen LogP) is 1.55. The van der Waals surface area contributed by atoms with Crippen molar-refractivity contribution in [3.05, 3.63) is 35.9 Å². The second-order valence-electron chi connectivity index (χ2n) is 5.57. The number of esters is 1. The highest BCUT2D eigenvalue weighted by atomic mass is 32.2. The molecule has 0 heterocycles. The standard InChI is InChI=1S/C18H28N2O4S/c1-3-24-18(23)15(9-12-25-2)19-10-11-20-16(17(21)22)13-14-7-5-4-6-8-14/h4-8,15-16,19-20H,3,9-13H2,1-2H3,(H,21,22)/t15-,16-/m0/s1. The summed E-state index contributed by atoms with van der Waals surface area (Å²) >= 11 is 1.67. The van der Waals surface area contributed by atoms with Crippen LogP contribution in [0.4, 0.5) is 0 Å². The first-order valence-corrected chi connectivity index (χ1v) is 9.87. The lowest BCUT2D eigenvalue weighted by atomic mass is 10.1. The van der Waals surface area contributed by atoms with Gasteiger partial charge in [-0.15, -0.1) is 0 Å². The number of hydrogen-bond donors (Lipinski definition) is 3. The molecule has 1 aromatic rings. The van der Waals surface area contributed by atoms with Crippen molar-refractivity contribution >= 4 is 23.7 Å². The lowest BCUT2D eigenvalue weighted by Gasteiger charge is -2.19. The first kappa shape index (κ1) is 21.5. The van der Waals surface area contributed by atoms with Crippen LogP contribution >= 0.6 is 11.8 Å². The molecule has 3 N–H and O–H groups in total. The Bertz CT molecular complexity index is 513. The number of aliphatic carboxylic acids is 1. The highest BCUT2D eigenvalue weighted by Crippen LogP contribution is 2.04. The summed E-state index contributed by atoms with van der Waals surface area (Å²) in [5.74, 6) is -0.279. The molecule has 0 aromatic heterocycles. The van der Waals surface area contributed by atoms with Gasteiger partial charge in [-0.1, -0.05) is 30.3 Å². The molecule has 0 fully saturated rings. The van der Waals surface area contributed by atoms with Gasteiger partial charge in [-0.05, 0) is 37.3 Å². The second kappa shape index (κ2) is 12.7. The van der Waals surface area contributed by atoms with Gasteiger partial charge in [-0.25, -0.2) is 0 Å². The molecule has 0 unspecified atom stereocenters. The molecule has 0 radical (unpaired) electrons. The molecule has 0 spiro atoms. The Morgan fingerprint density at radius 3 is 2.36 bits per heavy atom. The summed E-state index contributed by atoms with van der Waals surface area (Å²) in [6.07, 6.45) is 3.10. The van der Waals surface area contributed by atoms with Crippen LogP contribution < -0.4 is 10.6 Å². The molecule has 25 heavy (non-hydrogen) atoms. The number of rotatable bonds is 13. The Morgan fingerprint density at radius 2 is 1.80 bits per heavy atom. The average molecular weight is 368 g/mol. The van der Waals surface area contributed by atoms with E-state index < -0.39 is 12.0 Å². The van der Waals surface area contributed by atoms with Crippen LogP contribution in [0.3, 0.4) is 0 Å². The number of carbonyl (C=O) groups excluding carboxylic acids is 1. The van der Waals surface area contributed by atoms with Crippen LogP contribution in [0.15, 0.2) is 30.3 Å². The maximum Gasteiger partial charge on any atom is 0.323 e. The van der Waals surface area contributed by atoms with Crippen molar-refractivity contribution in [1.29, 1.82) is 0 Å². The molecule has 140 valence electrons. The van der Waals surface area contributed by atoms with Gasteiger partial charge in [-0.2, -0.15) is 11.8 Å². The summed E-state index contributed by atoms with van der Waals surface area (Å²) in [6, 6.07) is 8.50. The van der Waals surface area contributed by atoms with E-state index in [4.69, 9.17) is 4.74 Å². The molecule has 6 nitrogen and oxygen atoms in total. The van der Waals surface area contributed by atoms with Gasteiger partial charge in [0.2, 0.25) is 0 Å². The molecule has 0 aliphatic rings. The van der Waals surface area contributed by atoms with E-state index in [1.54, 1.807) is 18.7 Å². The van der Waals surface area contributed by atoms with Crippen LogP contribution in [-0.2, 0) is 20.7 Å². The average Bonchev–Trinajstić information content (AvgIpc) is 2.60. The van der Waals surface area contributed by atoms with Crippen LogP contribution in [0.2, 0.25) is 0 Å². The number of carbonyl (C=O) groups is 2. The molecule has 0 aliphatic heterocycles. The first-order valence-electron chi connectivity index (χ1n) is 8.47. The number of benzene rings is 1. The fourth-order valence-electron chi connectivity index (χ4n) is 2.37. The molecule has 1 rings (SSSR count).